The van der Waals surface area contributed by atoms with E-state index in [1.165, 1.54) is 32.1 Å². The molecule has 20 heavy (non-hydrogen) atoms. The Morgan fingerprint density at radius 2 is 1.45 bits per heavy atom. The normalized spacial score (nSPS) is 11.7. The molecule has 0 amide bonds. The quantitative estimate of drug-likeness (QED) is 0.457. The van der Waals surface area contributed by atoms with Crippen LogP contribution in [0.25, 0.3) is 0 Å². The van der Waals surface area contributed by atoms with E-state index in [4.69, 9.17) is 20.4 Å². The van der Waals surface area contributed by atoms with Crippen molar-refractivity contribution < 1.29 is 30.0 Å². The second-order valence-electron chi connectivity index (χ2n) is 5.13. The molecule has 120 valence electrons. The summed E-state index contributed by atoms with van der Waals surface area (Å²) in [7, 11) is 0. The lowest BCUT2D eigenvalue weighted by molar-refractivity contribution is -0.152. The lowest BCUT2D eigenvalue weighted by Crippen LogP contribution is -2.22. The molecule has 0 saturated heterocycles. The Balaban J connectivity index is 0. The fourth-order valence-electron chi connectivity index (χ4n) is 1.45. The minimum atomic E-state index is -1.79. The summed E-state index contributed by atoms with van der Waals surface area (Å²) in [6, 6.07) is 0. The molecule has 0 radical (unpaired) electrons. The molecule has 0 aromatic carbocycles. The highest BCUT2D eigenvalue weighted by Crippen LogP contribution is 2.09. The zero-order chi connectivity index (χ0) is 16.0. The van der Waals surface area contributed by atoms with Crippen molar-refractivity contribution in [1.82, 2.24) is 0 Å². The molecule has 1 unspecified atom stereocenters. The van der Waals surface area contributed by atoms with E-state index in [1.807, 2.05) is 0 Å². The van der Waals surface area contributed by atoms with Crippen LogP contribution in [0.5, 0.6) is 0 Å². The summed E-state index contributed by atoms with van der Waals surface area (Å²) in [5.41, 5.74) is 0. The van der Waals surface area contributed by atoms with Gasteiger partial charge in [0.25, 0.3) is 0 Å². The number of rotatable bonds is 10. The largest absolute Gasteiger partial charge is 0.481 e. The van der Waals surface area contributed by atoms with Crippen LogP contribution >= 0.6 is 0 Å². The molecular formula is C14H28O6. The fourth-order valence-corrected chi connectivity index (χ4v) is 1.45. The van der Waals surface area contributed by atoms with Crippen molar-refractivity contribution in [1.29, 1.82) is 0 Å². The Kier molecular flexibility index (Phi) is 15.1. The van der Waals surface area contributed by atoms with E-state index in [-0.39, 0.29) is 0 Å². The van der Waals surface area contributed by atoms with E-state index in [9.17, 15) is 9.59 Å². The van der Waals surface area contributed by atoms with Gasteiger partial charge in [-0.1, -0.05) is 46.0 Å². The van der Waals surface area contributed by atoms with Gasteiger partial charge in [0.2, 0.25) is 0 Å². The van der Waals surface area contributed by atoms with Crippen molar-refractivity contribution in [2.75, 3.05) is 6.61 Å². The van der Waals surface area contributed by atoms with Gasteiger partial charge in [-0.05, 0) is 12.3 Å². The maximum Gasteiger partial charge on any atom is 0.333 e. The van der Waals surface area contributed by atoms with Gasteiger partial charge in [-0.25, -0.2) is 4.79 Å². The number of hydrogen-bond acceptors (Lipinski definition) is 4. The van der Waals surface area contributed by atoms with Gasteiger partial charge in [0.05, 0.1) is 6.42 Å². The third-order valence-corrected chi connectivity index (χ3v) is 2.59. The number of carboxylic acids is 2. The van der Waals surface area contributed by atoms with Crippen molar-refractivity contribution in [3.05, 3.63) is 0 Å². The highest BCUT2D eigenvalue weighted by molar-refractivity contribution is 5.79. The summed E-state index contributed by atoms with van der Waals surface area (Å²) in [6.45, 7) is 4.91. The molecule has 4 N–H and O–H groups in total. The predicted molar refractivity (Wildman–Crippen MR) is 75.5 cm³/mol. The van der Waals surface area contributed by atoms with Crippen LogP contribution in [0, 0.1) is 5.92 Å². The summed E-state index contributed by atoms with van der Waals surface area (Å²) in [5.74, 6) is -1.99. The average Bonchev–Trinajstić information content (AvgIpc) is 2.33. The lowest BCUT2D eigenvalue weighted by Gasteiger charge is -2.03. The molecule has 0 aliphatic rings. The molecule has 6 nitrogen and oxygen atoms in total. The molecule has 0 spiro atoms. The van der Waals surface area contributed by atoms with Crippen LogP contribution in [-0.2, 0) is 9.59 Å². The fraction of sp³-hybridized carbons (Fsp3) is 0.857. The van der Waals surface area contributed by atoms with E-state index < -0.39 is 24.5 Å². The van der Waals surface area contributed by atoms with Crippen LogP contribution in [0.2, 0.25) is 0 Å². The molecule has 1 atom stereocenters. The molecule has 0 heterocycles. The Morgan fingerprint density at radius 1 is 0.950 bits per heavy atom. The standard InChI is InChI=1S/C10H22O.C4H6O5/c1-10(2)8-6-4-3-5-7-9-11;5-2(4(8)9)1-3(6)7/h10-11H,3-9H2,1-2H3;2,5H,1H2,(H,6,7)(H,8,9). The van der Waals surface area contributed by atoms with Crippen LogP contribution in [0.3, 0.4) is 0 Å². The van der Waals surface area contributed by atoms with Crippen LogP contribution in [0.1, 0.15) is 58.8 Å². The third kappa shape index (κ3) is 19.2. The second kappa shape index (κ2) is 14.3. The highest BCUT2D eigenvalue weighted by atomic mass is 16.4. The molecular weight excluding hydrogens is 264 g/mol. The number of aliphatic hydroxyl groups excluding tert-OH is 2. The number of hydrogen-bond donors (Lipinski definition) is 4. The Labute approximate surface area is 120 Å². The minimum absolute atomic E-state index is 0.365. The van der Waals surface area contributed by atoms with Crippen molar-refractivity contribution in [3.63, 3.8) is 0 Å². The van der Waals surface area contributed by atoms with Gasteiger partial charge in [-0.2, -0.15) is 0 Å². The third-order valence-electron chi connectivity index (χ3n) is 2.59. The van der Waals surface area contributed by atoms with Gasteiger partial charge in [0.1, 0.15) is 0 Å². The average molecular weight is 292 g/mol. The van der Waals surface area contributed by atoms with Crippen molar-refractivity contribution in [2.24, 2.45) is 5.92 Å². The predicted octanol–water partition coefficient (Wildman–Crippen LogP) is 1.88. The van der Waals surface area contributed by atoms with E-state index in [0.717, 1.165) is 12.3 Å². The summed E-state index contributed by atoms with van der Waals surface area (Å²) in [6.07, 6.45) is 5.02. The van der Waals surface area contributed by atoms with Gasteiger partial charge < -0.3 is 20.4 Å². The molecule has 0 saturated carbocycles. The molecule has 0 fully saturated rings. The Morgan fingerprint density at radius 3 is 1.80 bits per heavy atom. The van der Waals surface area contributed by atoms with Crippen LogP contribution in [0.4, 0.5) is 0 Å². The van der Waals surface area contributed by atoms with Crippen molar-refractivity contribution in [2.45, 2.75) is 64.9 Å². The topological polar surface area (TPSA) is 115 Å². The van der Waals surface area contributed by atoms with E-state index in [0.29, 0.717) is 6.61 Å². The maximum absolute atomic E-state index is 9.72. The summed E-state index contributed by atoms with van der Waals surface area (Å²) in [4.78, 5) is 19.4. The van der Waals surface area contributed by atoms with Crippen molar-refractivity contribution in [3.8, 4) is 0 Å². The first kappa shape index (κ1) is 21.2. The first-order valence-corrected chi connectivity index (χ1v) is 7.04. The monoisotopic (exact) mass is 292 g/mol. The number of aliphatic carboxylic acids is 2. The summed E-state index contributed by atoms with van der Waals surface area (Å²) < 4.78 is 0. The highest BCUT2D eigenvalue weighted by Gasteiger charge is 2.16. The van der Waals surface area contributed by atoms with E-state index >= 15 is 0 Å². The molecule has 6 heteroatoms. The van der Waals surface area contributed by atoms with Gasteiger partial charge >= 0.3 is 11.9 Å². The number of carbonyl (C=O) groups is 2. The van der Waals surface area contributed by atoms with Crippen LogP contribution in [0.15, 0.2) is 0 Å². The second-order valence-corrected chi connectivity index (χ2v) is 5.13. The summed E-state index contributed by atoms with van der Waals surface area (Å²) >= 11 is 0. The number of aliphatic hydroxyl groups is 2. The molecule has 0 aliphatic carbocycles. The van der Waals surface area contributed by atoms with Gasteiger partial charge in [0.15, 0.2) is 6.10 Å². The molecule has 0 aromatic heterocycles. The Hall–Kier alpha value is -1.14. The SMILES string of the molecule is CC(C)CCCCCCCO.O=C(O)CC(O)C(=O)O. The van der Waals surface area contributed by atoms with Crippen LogP contribution in [-0.4, -0.2) is 45.1 Å². The first-order chi connectivity index (χ1) is 9.31. The smallest absolute Gasteiger partial charge is 0.333 e. The first-order valence-electron chi connectivity index (χ1n) is 7.04. The number of carboxylic acid groups (broad SMARTS) is 2. The van der Waals surface area contributed by atoms with Gasteiger partial charge in [0, 0.05) is 6.61 Å². The molecule has 0 aliphatic heterocycles. The number of unbranched alkanes of at least 4 members (excludes halogenated alkanes) is 4. The maximum atomic E-state index is 9.72. The van der Waals surface area contributed by atoms with Gasteiger partial charge in [-0.3, -0.25) is 4.79 Å². The van der Waals surface area contributed by atoms with Crippen molar-refractivity contribution >= 4 is 11.9 Å². The molecule has 0 rings (SSSR count). The Bertz CT molecular complexity index is 252. The zero-order valence-electron chi connectivity index (χ0n) is 12.4. The van der Waals surface area contributed by atoms with Crippen LogP contribution < -0.4 is 0 Å². The van der Waals surface area contributed by atoms with Gasteiger partial charge in [-0.15, -0.1) is 0 Å². The van der Waals surface area contributed by atoms with E-state index in [2.05, 4.69) is 13.8 Å². The lowest BCUT2D eigenvalue weighted by atomic mass is 10.0. The van der Waals surface area contributed by atoms with E-state index in [1.54, 1.807) is 0 Å². The minimum Gasteiger partial charge on any atom is -0.481 e. The summed E-state index contributed by atoms with van der Waals surface area (Å²) in [5, 5.41) is 32.7. The zero-order valence-corrected chi connectivity index (χ0v) is 12.4. The molecule has 0 bridgehead atoms. The molecule has 0 aromatic rings.